The normalized spacial score (nSPS) is 11.7. The number of hydrogen-bond acceptors (Lipinski definition) is 2. The topological polar surface area (TPSA) is 18.5 Å². The summed E-state index contributed by atoms with van der Waals surface area (Å²) in [5, 5.41) is 0. The molecule has 2 aromatic rings. The van der Waals surface area contributed by atoms with E-state index in [2.05, 4.69) is 37.8 Å². The molecule has 0 amide bonds. The van der Waals surface area contributed by atoms with Crippen molar-refractivity contribution in [2.75, 3.05) is 7.11 Å². The number of methoxy groups -OCH3 is 1. The van der Waals surface area contributed by atoms with Gasteiger partial charge in [-0.1, -0.05) is 37.8 Å². The third kappa shape index (κ3) is 3.21. The lowest BCUT2D eigenvalue weighted by Crippen LogP contribution is -1.99. The van der Waals surface area contributed by atoms with Crippen LogP contribution < -0.4 is 9.47 Å². The standard InChI is InChI=1S/C18H20O2/c1-4-18(14-6-10-16(19-3)11-7-14)15-8-12-17(13-9-15)20-5-2/h5-13,18H,2,4H2,1,3H3. The van der Waals surface area contributed by atoms with Crippen LogP contribution in [0, 0.1) is 0 Å². The summed E-state index contributed by atoms with van der Waals surface area (Å²) in [6.45, 7) is 5.76. The van der Waals surface area contributed by atoms with Crippen LogP contribution in [0.2, 0.25) is 0 Å². The third-order valence-corrected chi connectivity index (χ3v) is 3.43. The lowest BCUT2D eigenvalue weighted by Gasteiger charge is -2.16. The summed E-state index contributed by atoms with van der Waals surface area (Å²) in [7, 11) is 1.69. The first-order valence-corrected chi connectivity index (χ1v) is 6.80. The third-order valence-electron chi connectivity index (χ3n) is 3.43. The molecule has 2 rings (SSSR count). The van der Waals surface area contributed by atoms with Gasteiger partial charge in [0.05, 0.1) is 13.4 Å². The van der Waals surface area contributed by atoms with Crippen molar-refractivity contribution in [1.29, 1.82) is 0 Å². The Morgan fingerprint density at radius 2 is 1.45 bits per heavy atom. The Bertz CT molecular complexity index is 541. The molecule has 0 saturated carbocycles. The van der Waals surface area contributed by atoms with Gasteiger partial charge < -0.3 is 9.47 Å². The van der Waals surface area contributed by atoms with Gasteiger partial charge in [-0.05, 0) is 41.8 Å². The van der Waals surface area contributed by atoms with Crippen LogP contribution in [0.3, 0.4) is 0 Å². The largest absolute Gasteiger partial charge is 0.497 e. The summed E-state index contributed by atoms with van der Waals surface area (Å²) in [5.41, 5.74) is 2.58. The Kier molecular flexibility index (Phi) is 4.83. The second-order valence-corrected chi connectivity index (χ2v) is 4.59. The highest BCUT2D eigenvalue weighted by Gasteiger charge is 2.12. The van der Waals surface area contributed by atoms with E-state index >= 15 is 0 Å². The maximum atomic E-state index is 5.26. The molecule has 0 spiro atoms. The van der Waals surface area contributed by atoms with E-state index < -0.39 is 0 Å². The Morgan fingerprint density at radius 1 is 0.950 bits per heavy atom. The summed E-state index contributed by atoms with van der Waals surface area (Å²) < 4.78 is 10.5. The van der Waals surface area contributed by atoms with Crippen molar-refractivity contribution in [1.82, 2.24) is 0 Å². The molecule has 20 heavy (non-hydrogen) atoms. The van der Waals surface area contributed by atoms with Crippen LogP contribution in [0.25, 0.3) is 0 Å². The van der Waals surface area contributed by atoms with E-state index in [0.717, 1.165) is 17.9 Å². The van der Waals surface area contributed by atoms with Crippen molar-refractivity contribution >= 4 is 0 Å². The fourth-order valence-electron chi connectivity index (χ4n) is 2.38. The lowest BCUT2D eigenvalue weighted by molar-refractivity contribution is 0.414. The minimum absolute atomic E-state index is 0.388. The summed E-state index contributed by atoms with van der Waals surface area (Å²) in [5.74, 6) is 2.09. The minimum Gasteiger partial charge on any atom is -0.497 e. The zero-order chi connectivity index (χ0) is 14.4. The minimum atomic E-state index is 0.388. The van der Waals surface area contributed by atoms with E-state index in [9.17, 15) is 0 Å². The van der Waals surface area contributed by atoms with Crippen molar-refractivity contribution in [2.45, 2.75) is 19.3 Å². The Hall–Kier alpha value is -2.22. The van der Waals surface area contributed by atoms with Crippen LogP contribution in [0.5, 0.6) is 11.5 Å². The SMILES string of the molecule is C=COc1ccc(C(CC)c2ccc(OC)cc2)cc1. The van der Waals surface area contributed by atoms with Gasteiger partial charge in [0.25, 0.3) is 0 Å². The van der Waals surface area contributed by atoms with E-state index in [1.165, 1.54) is 17.4 Å². The maximum Gasteiger partial charge on any atom is 0.126 e. The molecule has 0 aliphatic heterocycles. The Morgan fingerprint density at radius 3 is 1.85 bits per heavy atom. The van der Waals surface area contributed by atoms with Crippen LogP contribution in [-0.2, 0) is 0 Å². The summed E-state index contributed by atoms with van der Waals surface area (Å²) in [6, 6.07) is 16.4. The van der Waals surface area contributed by atoms with E-state index in [0.29, 0.717) is 5.92 Å². The molecule has 104 valence electrons. The van der Waals surface area contributed by atoms with Gasteiger partial charge in [-0.3, -0.25) is 0 Å². The molecular weight excluding hydrogens is 248 g/mol. The highest BCUT2D eigenvalue weighted by molar-refractivity contribution is 5.38. The fourth-order valence-corrected chi connectivity index (χ4v) is 2.38. The monoisotopic (exact) mass is 268 g/mol. The molecular formula is C18H20O2. The molecule has 0 aliphatic carbocycles. The van der Waals surface area contributed by atoms with Gasteiger partial charge in [-0.2, -0.15) is 0 Å². The van der Waals surface area contributed by atoms with E-state index in [4.69, 9.17) is 9.47 Å². The van der Waals surface area contributed by atoms with Gasteiger partial charge >= 0.3 is 0 Å². The lowest BCUT2D eigenvalue weighted by atomic mass is 9.89. The van der Waals surface area contributed by atoms with Crippen LogP contribution in [0.15, 0.2) is 61.4 Å². The summed E-state index contributed by atoms with van der Waals surface area (Å²) in [4.78, 5) is 0. The average Bonchev–Trinajstić information content (AvgIpc) is 2.51. The van der Waals surface area contributed by atoms with E-state index in [-0.39, 0.29) is 0 Å². The molecule has 1 unspecified atom stereocenters. The van der Waals surface area contributed by atoms with Crippen molar-refractivity contribution in [3.8, 4) is 11.5 Å². The molecule has 0 heterocycles. The van der Waals surface area contributed by atoms with E-state index in [1.54, 1.807) is 7.11 Å². The second-order valence-electron chi connectivity index (χ2n) is 4.59. The first kappa shape index (κ1) is 14.2. The molecule has 0 saturated heterocycles. The average molecular weight is 268 g/mol. The van der Waals surface area contributed by atoms with Gasteiger partial charge in [0.2, 0.25) is 0 Å². The fraction of sp³-hybridized carbons (Fsp3) is 0.222. The molecule has 2 nitrogen and oxygen atoms in total. The van der Waals surface area contributed by atoms with Gasteiger partial charge in [0.1, 0.15) is 11.5 Å². The second kappa shape index (κ2) is 6.80. The van der Waals surface area contributed by atoms with Crippen molar-refractivity contribution in [3.05, 3.63) is 72.5 Å². The molecule has 0 radical (unpaired) electrons. The summed E-state index contributed by atoms with van der Waals surface area (Å²) >= 11 is 0. The molecule has 0 aromatic heterocycles. The molecule has 2 aromatic carbocycles. The Balaban J connectivity index is 2.23. The predicted molar refractivity (Wildman–Crippen MR) is 82.4 cm³/mol. The maximum absolute atomic E-state index is 5.26. The van der Waals surface area contributed by atoms with Gasteiger partial charge in [-0.25, -0.2) is 0 Å². The smallest absolute Gasteiger partial charge is 0.126 e. The molecule has 0 fully saturated rings. The Labute approximate surface area is 120 Å². The zero-order valence-electron chi connectivity index (χ0n) is 12.0. The predicted octanol–water partition coefficient (Wildman–Crippen LogP) is 4.76. The molecule has 0 bridgehead atoms. The van der Waals surface area contributed by atoms with Gasteiger partial charge in [0, 0.05) is 5.92 Å². The van der Waals surface area contributed by atoms with Crippen LogP contribution in [0.1, 0.15) is 30.4 Å². The van der Waals surface area contributed by atoms with Gasteiger partial charge in [0.15, 0.2) is 0 Å². The molecule has 0 N–H and O–H groups in total. The zero-order valence-corrected chi connectivity index (χ0v) is 12.0. The van der Waals surface area contributed by atoms with Gasteiger partial charge in [-0.15, -0.1) is 0 Å². The number of hydrogen-bond donors (Lipinski definition) is 0. The highest BCUT2D eigenvalue weighted by atomic mass is 16.5. The van der Waals surface area contributed by atoms with Crippen LogP contribution >= 0.6 is 0 Å². The van der Waals surface area contributed by atoms with Crippen LogP contribution in [0.4, 0.5) is 0 Å². The number of rotatable bonds is 6. The van der Waals surface area contributed by atoms with Crippen molar-refractivity contribution in [3.63, 3.8) is 0 Å². The quantitative estimate of drug-likeness (QED) is 0.703. The number of ether oxygens (including phenoxy) is 2. The molecule has 1 atom stereocenters. The van der Waals surface area contributed by atoms with Crippen LogP contribution in [-0.4, -0.2) is 7.11 Å². The highest BCUT2D eigenvalue weighted by Crippen LogP contribution is 2.30. The molecule has 2 heteroatoms. The first-order chi connectivity index (χ1) is 9.78. The first-order valence-electron chi connectivity index (χ1n) is 6.80. The van der Waals surface area contributed by atoms with Crippen molar-refractivity contribution in [2.24, 2.45) is 0 Å². The van der Waals surface area contributed by atoms with E-state index in [1.807, 2.05) is 24.3 Å². The number of benzene rings is 2. The summed E-state index contributed by atoms with van der Waals surface area (Å²) in [6.07, 6.45) is 2.49. The molecule has 0 aliphatic rings. The van der Waals surface area contributed by atoms with Crippen molar-refractivity contribution < 1.29 is 9.47 Å².